The van der Waals surface area contributed by atoms with Crippen LogP contribution < -0.4 is 10.6 Å². The number of hydrogen-bond donors (Lipinski definition) is 3. The molecule has 3 N–H and O–H groups in total. The predicted octanol–water partition coefficient (Wildman–Crippen LogP) is 4.51. The van der Waals surface area contributed by atoms with Crippen molar-refractivity contribution in [2.24, 2.45) is 0 Å². The maximum atomic E-state index is 12.8. The van der Waals surface area contributed by atoms with E-state index in [1.165, 1.54) is 6.07 Å². The number of aromatic carboxylic acids is 1. The molecule has 0 saturated carbocycles. The number of carbonyl (C=O) groups is 3. The number of anilines is 2. The summed E-state index contributed by atoms with van der Waals surface area (Å²) in [7, 11) is 0. The number of benzene rings is 3. The minimum absolute atomic E-state index is 0.115. The molecule has 0 spiro atoms. The first kappa shape index (κ1) is 19.8. The lowest BCUT2D eigenvalue weighted by Gasteiger charge is -2.14. The Balaban J connectivity index is 1.85. The lowest BCUT2D eigenvalue weighted by atomic mass is 10.1. The van der Waals surface area contributed by atoms with E-state index in [0.717, 1.165) is 5.56 Å². The van der Waals surface area contributed by atoms with Crippen molar-refractivity contribution in [2.45, 2.75) is 13.8 Å². The van der Waals surface area contributed by atoms with Crippen LogP contribution in [0, 0.1) is 13.8 Å². The molecule has 0 radical (unpaired) electrons. The number of carbonyl (C=O) groups excluding carboxylic acids is 2. The quantitative estimate of drug-likeness (QED) is 0.599. The average molecular weight is 388 g/mol. The fourth-order valence-electron chi connectivity index (χ4n) is 2.96. The van der Waals surface area contributed by atoms with E-state index in [1.54, 1.807) is 61.5 Å². The smallest absolute Gasteiger partial charge is 0.336 e. The number of carboxylic acid groups (broad SMARTS) is 1. The zero-order chi connectivity index (χ0) is 21.0. The summed E-state index contributed by atoms with van der Waals surface area (Å²) in [5.74, 6) is -1.83. The molecule has 3 rings (SSSR count). The molecule has 3 aromatic rings. The van der Waals surface area contributed by atoms with Crippen LogP contribution in [0.1, 0.15) is 42.2 Å². The Morgan fingerprint density at radius 2 is 1.34 bits per heavy atom. The average Bonchev–Trinajstić information content (AvgIpc) is 2.69. The topological polar surface area (TPSA) is 95.5 Å². The van der Waals surface area contributed by atoms with Gasteiger partial charge in [-0.3, -0.25) is 9.59 Å². The molecular weight excluding hydrogens is 368 g/mol. The zero-order valence-electron chi connectivity index (χ0n) is 16.0. The largest absolute Gasteiger partial charge is 0.478 e. The summed E-state index contributed by atoms with van der Waals surface area (Å²) in [5.41, 5.74) is 3.05. The fourth-order valence-corrected chi connectivity index (χ4v) is 2.96. The molecule has 0 aliphatic rings. The Morgan fingerprint density at radius 1 is 0.724 bits per heavy atom. The first-order chi connectivity index (χ1) is 13.9. The lowest BCUT2D eigenvalue weighted by Crippen LogP contribution is -2.19. The molecule has 0 saturated heterocycles. The highest BCUT2D eigenvalue weighted by Crippen LogP contribution is 2.22. The number of rotatable bonds is 5. The molecule has 0 unspecified atom stereocenters. The Morgan fingerprint density at radius 3 is 2.07 bits per heavy atom. The van der Waals surface area contributed by atoms with Gasteiger partial charge in [-0.2, -0.15) is 0 Å². The number of aryl methyl sites for hydroxylation is 1. The highest BCUT2D eigenvalue weighted by molar-refractivity contribution is 6.13. The van der Waals surface area contributed by atoms with Crippen LogP contribution in [0.4, 0.5) is 11.4 Å². The minimum Gasteiger partial charge on any atom is -0.478 e. The van der Waals surface area contributed by atoms with Gasteiger partial charge in [0, 0.05) is 11.3 Å². The first-order valence-electron chi connectivity index (χ1n) is 8.98. The number of carboxylic acids is 1. The summed E-state index contributed by atoms with van der Waals surface area (Å²) in [6, 6.07) is 18.5. The van der Waals surface area contributed by atoms with Crippen molar-refractivity contribution in [3.63, 3.8) is 0 Å². The second-order valence-electron chi connectivity index (χ2n) is 6.61. The molecule has 0 heterocycles. The maximum Gasteiger partial charge on any atom is 0.336 e. The van der Waals surface area contributed by atoms with Gasteiger partial charge in [0.1, 0.15) is 0 Å². The van der Waals surface area contributed by atoms with Crippen LogP contribution in [0.25, 0.3) is 0 Å². The molecular formula is C23H20N2O4. The summed E-state index contributed by atoms with van der Waals surface area (Å²) in [6.07, 6.45) is 0. The number of para-hydroxylation sites is 1. The summed E-state index contributed by atoms with van der Waals surface area (Å²) in [6.45, 7) is 3.52. The molecule has 3 aromatic carbocycles. The molecule has 146 valence electrons. The van der Waals surface area contributed by atoms with E-state index in [1.807, 2.05) is 13.0 Å². The van der Waals surface area contributed by atoms with Gasteiger partial charge in [-0.15, -0.1) is 0 Å². The maximum absolute atomic E-state index is 12.8. The van der Waals surface area contributed by atoms with Crippen molar-refractivity contribution in [2.75, 3.05) is 10.6 Å². The van der Waals surface area contributed by atoms with Gasteiger partial charge in [-0.25, -0.2) is 4.79 Å². The summed E-state index contributed by atoms with van der Waals surface area (Å²) in [5, 5.41) is 14.8. The normalized spacial score (nSPS) is 10.3. The van der Waals surface area contributed by atoms with Crippen LogP contribution in [-0.2, 0) is 0 Å². The standard InChI is InChI=1S/C23H20N2O4/c1-14-7-5-8-16(13-14)21(26)25-20-11-4-3-9-18(20)22(27)24-19-12-6-10-17(15(19)2)23(28)29/h3-13H,1-2H3,(H,24,27)(H,25,26)(H,28,29). The Hall–Kier alpha value is -3.93. The van der Waals surface area contributed by atoms with Crippen LogP contribution in [0.15, 0.2) is 66.7 Å². The third kappa shape index (κ3) is 4.50. The molecule has 6 heteroatoms. The monoisotopic (exact) mass is 388 g/mol. The van der Waals surface area contributed by atoms with Gasteiger partial charge in [-0.1, -0.05) is 35.9 Å². The van der Waals surface area contributed by atoms with E-state index in [9.17, 15) is 19.5 Å². The van der Waals surface area contributed by atoms with Crippen LogP contribution in [0.5, 0.6) is 0 Å². The Bertz CT molecular complexity index is 1110. The molecule has 0 bridgehead atoms. The minimum atomic E-state index is -1.07. The van der Waals surface area contributed by atoms with E-state index in [0.29, 0.717) is 22.5 Å². The highest BCUT2D eigenvalue weighted by atomic mass is 16.4. The number of nitrogens with one attached hydrogen (secondary N) is 2. The van der Waals surface area contributed by atoms with Gasteiger partial charge < -0.3 is 15.7 Å². The van der Waals surface area contributed by atoms with Crippen LogP contribution >= 0.6 is 0 Å². The molecule has 0 atom stereocenters. The summed E-state index contributed by atoms with van der Waals surface area (Å²) in [4.78, 5) is 36.7. The van der Waals surface area contributed by atoms with Gasteiger partial charge in [-0.05, 0) is 55.8 Å². The lowest BCUT2D eigenvalue weighted by molar-refractivity contribution is 0.0695. The Labute approximate surface area is 168 Å². The Kier molecular flexibility index (Phi) is 5.74. The predicted molar refractivity (Wildman–Crippen MR) is 112 cm³/mol. The van der Waals surface area contributed by atoms with Crippen molar-refractivity contribution in [1.29, 1.82) is 0 Å². The van der Waals surface area contributed by atoms with Crippen LogP contribution in [0.3, 0.4) is 0 Å². The van der Waals surface area contributed by atoms with Crippen LogP contribution in [0.2, 0.25) is 0 Å². The van der Waals surface area contributed by atoms with E-state index in [-0.39, 0.29) is 17.0 Å². The van der Waals surface area contributed by atoms with Crippen molar-refractivity contribution in [3.8, 4) is 0 Å². The third-order valence-electron chi connectivity index (χ3n) is 4.51. The molecule has 0 aliphatic carbocycles. The summed E-state index contributed by atoms with van der Waals surface area (Å²) < 4.78 is 0. The van der Waals surface area contributed by atoms with Crippen molar-refractivity contribution < 1.29 is 19.5 Å². The van der Waals surface area contributed by atoms with Gasteiger partial charge in [0.05, 0.1) is 16.8 Å². The van der Waals surface area contributed by atoms with Gasteiger partial charge in [0.15, 0.2) is 0 Å². The molecule has 2 amide bonds. The molecule has 0 fully saturated rings. The second-order valence-corrected chi connectivity index (χ2v) is 6.61. The van der Waals surface area contributed by atoms with E-state index < -0.39 is 11.9 Å². The van der Waals surface area contributed by atoms with Crippen molar-refractivity contribution in [1.82, 2.24) is 0 Å². The SMILES string of the molecule is Cc1cccc(C(=O)Nc2ccccc2C(=O)Nc2cccc(C(=O)O)c2C)c1. The van der Waals surface area contributed by atoms with Crippen molar-refractivity contribution >= 4 is 29.2 Å². The number of amides is 2. The number of hydrogen-bond acceptors (Lipinski definition) is 3. The first-order valence-corrected chi connectivity index (χ1v) is 8.98. The molecule has 0 aromatic heterocycles. The van der Waals surface area contributed by atoms with E-state index in [4.69, 9.17) is 0 Å². The van der Waals surface area contributed by atoms with Gasteiger partial charge in [0.2, 0.25) is 0 Å². The van der Waals surface area contributed by atoms with Gasteiger partial charge >= 0.3 is 5.97 Å². The van der Waals surface area contributed by atoms with Gasteiger partial charge in [0.25, 0.3) is 11.8 Å². The van der Waals surface area contributed by atoms with E-state index in [2.05, 4.69) is 10.6 Å². The molecule has 0 aliphatic heterocycles. The highest BCUT2D eigenvalue weighted by Gasteiger charge is 2.17. The molecule has 6 nitrogen and oxygen atoms in total. The zero-order valence-corrected chi connectivity index (χ0v) is 16.0. The fraction of sp³-hybridized carbons (Fsp3) is 0.0870. The summed E-state index contributed by atoms with van der Waals surface area (Å²) >= 11 is 0. The molecule has 29 heavy (non-hydrogen) atoms. The second kappa shape index (κ2) is 8.39. The third-order valence-corrected chi connectivity index (χ3v) is 4.51. The van der Waals surface area contributed by atoms with Crippen LogP contribution in [-0.4, -0.2) is 22.9 Å². The van der Waals surface area contributed by atoms with E-state index >= 15 is 0 Å². The van der Waals surface area contributed by atoms with Crippen molar-refractivity contribution in [3.05, 3.63) is 94.5 Å².